The molecule has 1 aliphatic carbocycles. The van der Waals surface area contributed by atoms with Gasteiger partial charge in [-0.3, -0.25) is 0 Å². The second-order valence-corrected chi connectivity index (χ2v) is 8.34. The minimum absolute atomic E-state index is 0.170. The van der Waals surface area contributed by atoms with Crippen LogP contribution >= 0.6 is 0 Å². The first-order valence-electron chi connectivity index (χ1n) is 10.9. The maximum absolute atomic E-state index is 13.4. The van der Waals surface area contributed by atoms with E-state index < -0.39 is 0 Å². The van der Waals surface area contributed by atoms with Gasteiger partial charge in [-0.25, -0.2) is 4.39 Å². The maximum atomic E-state index is 13.4. The monoisotopic (exact) mass is 398 g/mol. The second-order valence-electron chi connectivity index (χ2n) is 8.34. The van der Waals surface area contributed by atoms with E-state index in [1.807, 2.05) is 12.1 Å². The molecule has 0 saturated heterocycles. The molecular formula is C27H27FN2. The van der Waals surface area contributed by atoms with E-state index in [1.165, 1.54) is 33.2 Å². The van der Waals surface area contributed by atoms with Crippen LogP contribution in [0.2, 0.25) is 0 Å². The number of rotatable bonds is 6. The summed E-state index contributed by atoms with van der Waals surface area (Å²) in [6.45, 7) is 0.953. The van der Waals surface area contributed by atoms with Gasteiger partial charge in [-0.15, -0.1) is 0 Å². The number of fused-ring (bicyclic) bond motifs is 2. The number of aromatic nitrogens is 1. The Labute approximate surface area is 177 Å². The zero-order chi connectivity index (χ0) is 20.3. The number of hydrogen-bond donors (Lipinski definition) is 2. The molecule has 2 nitrogen and oxygen atoms in total. The molecule has 1 aliphatic rings. The standard InChI is InChI=1S/C27H27FN2/c28-22-12-9-19(10-13-22)17-25-23-6-2-1-5-20(23)11-14-27(25)29-16-15-21-18-30-26-8-4-3-7-24(21)26/h1-10,12-13,18,25,27,29-30H,11,14-17H2/t25-,27-/m1/s1. The van der Waals surface area contributed by atoms with Crippen molar-refractivity contribution in [3.63, 3.8) is 0 Å². The summed E-state index contributed by atoms with van der Waals surface area (Å²) in [7, 11) is 0. The Morgan fingerprint density at radius 1 is 0.933 bits per heavy atom. The van der Waals surface area contributed by atoms with Crippen LogP contribution in [0.3, 0.4) is 0 Å². The van der Waals surface area contributed by atoms with Gasteiger partial charge in [0.25, 0.3) is 0 Å². The number of benzene rings is 3. The quantitative estimate of drug-likeness (QED) is 0.423. The van der Waals surface area contributed by atoms with E-state index in [-0.39, 0.29) is 5.82 Å². The fraction of sp³-hybridized carbons (Fsp3) is 0.259. The highest BCUT2D eigenvalue weighted by Gasteiger charge is 2.29. The molecule has 1 heterocycles. The molecule has 3 heteroatoms. The van der Waals surface area contributed by atoms with E-state index in [2.05, 4.69) is 65.0 Å². The smallest absolute Gasteiger partial charge is 0.123 e. The number of halogens is 1. The van der Waals surface area contributed by atoms with E-state index in [4.69, 9.17) is 0 Å². The molecule has 0 aliphatic heterocycles. The Balaban J connectivity index is 1.32. The van der Waals surface area contributed by atoms with Crippen LogP contribution in [0.25, 0.3) is 10.9 Å². The SMILES string of the molecule is Fc1ccc(C[C@@H]2c3ccccc3CC[C@H]2NCCc2c[nH]c3ccccc23)cc1. The molecule has 4 aromatic rings. The average molecular weight is 399 g/mol. The fourth-order valence-corrected chi connectivity index (χ4v) is 4.95. The predicted molar refractivity (Wildman–Crippen MR) is 121 cm³/mol. The minimum atomic E-state index is -0.170. The number of hydrogen-bond acceptors (Lipinski definition) is 1. The molecule has 5 rings (SSSR count). The van der Waals surface area contributed by atoms with Crippen molar-refractivity contribution in [3.05, 3.63) is 107 Å². The highest BCUT2D eigenvalue weighted by atomic mass is 19.1. The molecule has 0 bridgehead atoms. The van der Waals surface area contributed by atoms with Gasteiger partial charge >= 0.3 is 0 Å². The largest absolute Gasteiger partial charge is 0.361 e. The number of para-hydroxylation sites is 1. The Morgan fingerprint density at radius 3 is 2.63 bits per heavy atom. The van der Waals surface area contributed by atoms with Crippen molar-refractivity contribution in [2.75, 3.05) is 6.54 Å². The zero-order valence-corrected chi connectivity index (χ0v) is 17.1. The number of H-pyrrole nitrogens is 1. The van der Waals surface area contributed by atoms with Crippen LogP contribution in [0.1, 0.15) is 34.6 Å². The predicted octanol–water partition coefficient (Wildman–Crippen LogP) is 5.78. The summed E-state index contributed by atoms with van der Waals surface area (Å²) < 4.78 is 13.4. The van der Waals surface area contributed by atoms with Crippen LogP contribution in [0.5, 0.6) is 0 Å². The Morgan fingerprint density at radius 2 is 1.73 bits per heavy atom. The van der Waals surface area contributed by atoms with Crippen LogP contribution in [-0.4, -0.2) is 17.6 Å². The first-order valence-corrected chi connectivity index (χ1v) is 10.9. The second kappa shape index (κ2) is 8.45. The Bertz CT molecular complexity index is 1130. The number of nitrogens with one attached hydrogen (secondary N) is 2. The third-order valence-corrected chi connectivity index (χ3v) is 6.51. The van der Waals surface area contributed by atoms with Gasteiger partial charge in [-0.05, 0) is 72.7 Å². The van der Waals surface area contributed by atoms with E-state index in [0.29, 0.717) is 12.0 Å². The topological polar surface area (TPSA) is 27.8 Å². The lowest BCUT2D eigenvalue weighted by Crippen LogP contribution is -2.40. The summed E-state index contributed by atoms with van der Waals surface area (Å²) in [4.78, 5) is 3.38. The summed E-state index contributed by atoms with van der Waals surface area (Å²) in [5.74, 6) is 0.236. The normalized spacial score (nSPS) is 18.4. The lowest BCUT2D eigenvalue weighted by molar-refractivity contribution is 0.386. The van der Waals surface area contributed by atoms with Gasteiger partial charge in [0, 0.05) is 29.1 Å². The summed E-state index contributed by atoms with van der Waals surface area (Å²) in [5, 5.41) is 5.18. The van der Waals surface area contributed by atoms with E-state index in [0.717, 1.165) is 32.2 Å². The molecule has 1 aromatic heterocycles. The van der Waals surface area contributed by atoms with Gasteiger partial charge < -0.3 is 10.3 Å². The summed E-state index contributed by atoms with van der Waals surface area (Å²) in [6.07, 6.45) is 6.32. The van der Waals surface area contributed by atoms with Crippen molar-refractivity contribution in [1.29, 1.82) is 0 Å². The molecule has 2 atom stereocenters. The third-order valence-electron chi connectivity index (χ3n) is 6.51. The molecule has 0 amide bonds. The molecule has 0 saturated carbocycles. The molecule has 3 aromatic carbocycles. The first kappa shape index (κ1) is 19.1. The molecular weight excluding hydrogens is 371 g/mol. The van der Waals surface area contributed by atoms with Crippen molar-refractivity contribution < 1.29 is 4.39 Å². The highest BCUT2D eigenvalue weighted by molar-refractivity contribution is 5.83. The number of aryl methyl sites for hydroxylation is 1. The summed E-state index contributed by atoms with van der Waals surface area (Å²) in [6, 6.07) is 24.7. The highest BCUT2D eigenvalue weighted by Crippen LogP contribution is 2.34. The van der Waals surface area contributed by atoms with Crippen molar-refractivity contribution in [1.82, 2.24) is 10.3 Å². The Kier molecular flexibility index (Phi) is 5.37. The van der Waals surface area contributed by atoms with Crippen molar-refractivity contribution in [2.45, 2.75) is 37.6 Å². The van der Waals surface area contributed by atoms with Gasteiger partial charge in [0.1, 0.15) is 5.82 Å². The molecule has 0 fully saturated rings. The molecule has 30 heavy (non-hydrogen) atoms. The molecule has 0 radical (unpaired) electrons. The van der Waals surface area contributed by atoms with Crippen LogP contribution < -0.4 is 5.32 Å². The van der Waals surface area contributed by atoms with Gasteiger partial charge in [-0.2, -0.15) is 0 Å². The number of aromatic amines is 1. The zero-order valence-electron chi connectivity index (χ0n) is 17.1. The fourth-order valence-electron chi connectivity index (χ4n) is 4.95. The van der Waals surface area contributed by atoms with Gasteiger partial charge in [-0.1, -0.05) is 54.6 Å². The van der Waals surface area contributed by atoms with E-state index in [1.54, 1.807) is 12.1 Å². The third kappa shape index (κ3) is 3.90. The lowest BCUT2D eigenvalue weighted by Gasteiger charge is -2.35. The van der Waals surface area contributed by atoms with Crippen molar-refractivity contribution >= 4 is 10.9 Å². The molecule has 152 valence electrons. The van der Waals surface area contributed by atoms with Crippen LogP contribution in [-0.2, 0) is 19.3 Å². The summed E-state index contributed by atoms with van der Waals surface area (Å²) >= 11 is 0. The van der Waals surface area contributed by atoms with Crippen LogP contribution in [0.4, 0.5) is 4.39 Å². The van der Waals surface area contributed by atoms with Crippen molar-refractivity contribution in [2.24, 2.45) is 0 Å². The van der Waals surface area contributed by atoms with Crippen LogP contribution in [0.15, 0.2) is 79.0 Å². The van der Waals surface area contributed by atoms with Crippen molar-refractivity contribution in [3.8, 4) is 0 Å². The Hall–Kier alpha value is -2.91. The minimum Gasteiger partial charge on any atom is -0.361 e. The van der Waals surface area contributed by atoms with Gasteiger partial charge in [0.05, 0.1) is 0 Å². The average Bonchev–Trinajstić information content (AvgIpc) is 3.20. The van der Waals surface area contributed by atoms with Gasteiger partial charge in [0.2, 0.25) is 0 Å². The summed E-state index contributed by atoms with van der Waals surface area (Å²) in [5.41, 5.74) is 6.66. The maximum Gasteiger partial charge on any atom is 0.123 e. The molecule has 0 unspecified atom stereocenters. The van der Waals surface area contributed by atoms with Gasteiger partial charge in [0.15, 0.2) is 0 Å². The first-order chi connectivity index (χ1) is 14.8. The lowest BCUT2D eigenvalue weighted by atomic mass is 9.76. The van der Waals surface area contributed by atoms with E-state index >= 15 is 0 Å². The van der Waals surface area contributed by atoms with Crippen LogP contribution in [0, 0.1) is 5.82 Å². The molecule has 0 spiro atoms. The van der Waals surface area contributed by atoms with E-state index in [9.17, 15) is 4.39 Å². The molecule has 2 N–H and O–H groups in total.